The van der Waals surface area contributed by atoms with Crippen molar-refractivity contribution in [3.63, 3.8) is 0 Å². The summed E-state index contributed by atoms with van der Waals surface area (Å²) in [6, 6.07) is 14.3. The fourth-order valence-corrected chi connectivity index (χ4v) is 4.10. The van der Waals surface area contributed by atoms with Gasteiger partial charge in [-0.1, -0.05) is 48.0 Å². The molecule has 1 heterocycles. The third-order valence-corrected chi connectivity index (χ3v) is 5.82. The van der Waals surface area contributed by atoms with Gasteiger partial charge in [-0.3, -0.25) is 9.48 Å². The molecule has 2 aromatic carbocycles. The van der Waals surface area contributed by atoms with Crippen molar-refractivity contribution in [3.05, 3.63) is 88.0 Å². The summed E-state index contributed by atoms with van der Waals surface area (Å²) in [5.74, 6) is -0.328. The van der Waals surface area contributed by atoms with Gasteiger partial charge in [-0.15, -0.1) is 0 Å². The van der Waals surface area contributed by atoms with Crippen LogP contribution in [0.4, 0.5) is 4.39 Å². The van der Waals surface area contributed by atoms with Gasteiger partial charge in [-0.2, -0.15) is 5.10 Å². The molecule has 0 saturated carbocycles. The molecule has 0 spiro atoms. The van der Waals surface area contributed by atoms with Gasteiger partial charge in [0, 0.05) is 22.7 Å². The number of hydrogen-bond donors (Lipinski definition) is 1. The smallest absolute Gasteiger partial charge is 0.220 e. The van der Waals surface area contributed by atoms with Gasteiger partial charge in [-0.25, -0.2) is 4.39 Å². The highest BCUT2D eigenvalue weighted by Gasteiger charge is 2.25. The molecule has 0 bridgehead atoms. The maximum absolute atomic E-state index is 13.8. The van der Waals surface area contributed by atoms with Crippen LogP contribution in [0.25, 0.3) is 0 Å². The van der Waals surface area contributed by atoms with Crippen LogP contribution < -0.4 is 5.32 Å². The van der Waals surface area contributed by atoms with Gasteiger partial charge in [0.25, 0.3) is 0 Å². The quantitative estimate of drug-likeness (QED) is 0.630. The van der Waals surface area contributed by atoms with Gasteiger partial charge in [0.15, 0.2) is 0 Å². The lowest BCUT2D eigenvalue weighted by Gasteiger charge is -2.24. The summed E-state index contributed by atoms with van der Waals surface area (Å²) in [4.78, 5) is 12.5. The first-order valence-electron chi connectivity index (χ1n) is 9.92. The average molecular weight is 412 g/mol. The van der Waals surface area contributed by atoms with Crippen LogP contribution in [0.1, 0.15) is 47.7 Å². The molecule has 0 aliphatic heterocycles. The number of halogens is 2. The van der Waals surface area contributed by atoms with E-state index in [0.29, 0.717) is 18.5 Å². The maximum Gasteiger partial charge on any atom is 0.220 e. The number of aryl methyl sites for hydroxylation is 1. The van der Waals surface area contributed by atoms with Gasteiger partial charge in [0.1, 0.15) is 5.82 Å². The van der Waals surface area contributed by atoms with Crippen LogP contribution in [-0.2, 0) is 24.2 Å². The van der Waals surface area contributed by atoms with Crippen LogP contribution in [0, 0.1) is 5.82 Å². The minimum absolute atomic E-state index is 0.0492. The number of benzene rings is 2. The van der Waals surface area contributed by atoms with Crippen LogP contribution >= 0.6 is 11.6 Å². The Morgan fingerprint density at radius 2 is 1.93 bits per heavy atom. The molecular formula is C23H23ClFN3O. The minimum atomic E-state index is -0.263. The maximum atomic E-state index is 13.8. The number of hydrogen-bond acceptors (Lipinski definition) is 2. The Balaban J connectivity index is 1.42. The molecule has 0 saturated heterocycles. The second-order valence-corrected chi connectivity index (χ2v) is 7.81. The van der Waals surface area contributed by atoms with Crippen molar-refractivity contribution in [1.82, 2.24) is 15.1 Å². The van der Waals surface area contributed by atoms with Crippen LogP contribution in [0.15, 0.2) is 54.7 Å². The third-order valence-electron chi connectivity index (χ3n) is 5.46. The summed E-state index contributed by atoms with van der Waals surface area (Å²) in [6.07, 6.45) is 5.31. The van der Waals surface area contributed by atoms with E-state index in [4.69, 9.17) is 11.6 Å². The summed E-state index contributed by atoms with van der Waals surface area (Å²) in [6.45, 7) is 0.614. The van der Waals surface area contributed by atoms with Crippen molar-refractivity contribution in [2.24, 2.45) is 0 Å². The zero-order chi connectivity index (χ0) is 20.2. The summed E-state index contributed by atoms with van der Waals surface area (Å²) in [5, 5.41) is 8.39. The predicted molar refractivity (Wildman–Crippen MR) is 111 cm³/mol. The number of rotatable bonds is 6. The largest absolute Gasteiger partial charge is 0.349 e. The van der Waals surface area contributed by atoms with E-state index < -0.39 is 0 Å². The summed E-state index contributed by atoms with van der Waals surface area (Å²) < 4.78 is 15.7. The molecule has 0 unspecified atom stereocenters. The van der Waals surface area contributed by atoms with Gasteiger partial charge in [0.05, 0.1) is 18.8 Å². The highest BCUT2D eigenvalue weighted by Crippen LogP contribution is 2.30. The number of carbonyl (C=O) groups is 1. The molecule has 3 aromatic rings. The van der Waals surface area contributed by atoms with Crippen molar-refractivity contribution in [2.45, 2.75) is 44.7 Å². The van der Waals surface area contributed by atoms with Crippen LogP contribution in [-0.4, -0.2) is 15.7 Å². The van der Waals surface area contributed by atoms with E-state index in [1.54, 1.807) is 18.2 Å². The number of fused-ring (bicyclic) bond motifs is 1. The highest BCUT2D eigenvalue weighted by atomic mass is 35.5. The SMILES string of the molecule is O=C(CCc1ccccc1F)N[C@H]1CCCc2c1cnn2Cc1ccccc1Cl. The van der Waals surface area contributed by atoms with E-state index in [-0.39, 0.29) is 24.2 Å². The van der Waals surface area contributed by atoms with Crippen molar-refractivity contribution in [3.8, 4) is 0 Å². The molecule has 0 radical (unpaired) electrons. The predicted octanol–water partition coefficient (Wildman–Crippen LogP) is 4.85. The Labute approximate surface area is 174 Å². The molecule has 4 nitrogen and oxygen atoms in total. The Hall–Kier alpha value is -2.66. The molecular weight excluding hydrogens is 389 g/mol. The molecule has 150 valence electrons. The van der Waals surface area contributed by atoms with E-state index >= 15 is 0 Å². The summed E-state index contributed by atoms with van der Waals surface area (Å²) in [5.41, 5.74) is 3.81. The molecule has 6 heteroatoms. The zero-order valence-electron chi connectivity index (χ0n) is 16.1. The molecule has 1 amide bonds. The Kier molecular flexibility index (Phi) is 5.95. The van der Waals surface area contributed by atoms with Gasteiger partial charge < -0.3 is 5.32 Å². The summed E-state index contributed by atoms with van der Waals surface area (Å²) >= 11 is 6.29. The van der Waals surface area contributed by atoms with Crippen LogP contribution in [0.3, 0.4) is 0 Å². The first-order valence-corrected chi connectivity index (χ1v) is 10.3. The number of carbonyl (C=O) groups excluding carboxylic acids is 1. The molecule has 1 N–H and O–H groups in total. The molecule has 1 aliphatic carbocycles. The lowest BCUT2D eigenvalue weighted by molar-refractivity contribution is -0.121. The number of aromatic nitrogens is 2. The highest BCUT2D eigenvalue weighted by molar-refractivity contribution is 6.31. The second kappa shape index (κ2) is 8.78. The molecule has 1 aromatic heterocycles. The van der Waals surface area contributed by atoms with Crippen LogP contribution in [0.2, 0.25) is 5.02 Å². The zero-order valence-corrected chi connectivity index (χ0v) is 16.8. The van der Waals surface area contributed by atoms with Crippen molar-refractivity contribution >= 4 is 17.5 Å². The first kappa shape index (κ1) is 19.6. The van der Waals surface area contributed by atoms with E-state index in [1.165, 1.54) is 6.07 Å². The Bertz CT molecular complexity index is 1020. The monoisotopic (exact) mass is 411 g/mol. The van der Waals surface area contributed by atoms with E-state index in [1.807, 2.05) is 35.1 Å². The lowest BCUT2D eigenvalue weighted by atomic mass is 9.92. The Morgan fingerprint density at radius 1 is 1.17 bits per heavy atom. The first-order chi connectivity index (χ1) is 14.1. The fraction of sp³-hybridized carbons (Fsp3) is 0.304. The molecule has 0 fully saturated rings. The lowest BCUT2D eigenvalue weighted by Crippen LogP contribution is -2.31. The normalized spacial score (nSPS) is 15.7. The fourth-order valence-electron chi connectivity index (χ4n) is 3.91. The van der Waals surface area contributed by atoms with Gasteiger partial charge in [0.2, 0.25) is 5.91 Å². The van der Waals surface area contributed by atoms with Crippen molar-refractivity contribution in [1.29, 1.82) is 0 Å². The number of nitrogens with one attached hydrogen (secondary N) is 1. The van der Waals surface area contributed by atoms with E-state index in [2.05, 4.69) is 10.4 Å². The van der Waals surface area contributed by atoms with Crippen LogP contribution in [0.5, 0.6) is 0 Å². The van der Waals surface area contributed by atoms with Gasteiger partial charge in [-0.05, 0) is 48.9 Å². The standard InChI is InChI=1S/C23H23ClFN3O/c24-19-8-3-1-7-17(19)15-28-22-11-5-10-21(18(22)14-26-28)27-23(29)13-12-16-6-2-4-9-20(16)25/h1-4,6-9,14,21H,5,10-13,15H2,(H,27,29)/t21-/m0/s1. The molecule has 4 rings (SSSR count). The average Bonchev–Trinajstić information content (AvgIpc) is 3.13. The third kappa shape index (κ3) is 4.51. The second-order valence-electron chi connectivity index (χ2n) is 7.40. The molecule has 29 heavy (non-hydrogen) atoms. The van der Waals surface area contributed by atoms with Gasteiger partial charge >= 0.3 is 0 Å². The topological polar surface area (TPSA) is 46.9 Å². The van der Waals surface area contributed by atoms with E-state index in [9.17, 15) is 9.18 Å². The van der Waals surface area contributed by atoms with E-state index in [0.717, 1.165) is 41.1 Å². The number of nitrogens with zero attached hydrogens (tertiary/aromatic N) is 2. The Morgan fingerprint density at radius 3 is 2.72 bits per heavy atom. The molecule has 1 aliphatic rings. The van der Waals surface area contributed by atoms with Crippen molar-refractivity contribution in [2.75, 3.05) is 0 Å². The summed E-state index contributed by atoms with van der Waals surface area (Å²) in [7, 11) is 0. The van der Waals surface area contributed by atoms with Crippen molar-refractivity contribution < 1.29 is 9.18 Å². The minimum Gasteiger partial charge on any atom is -0.349 e. The number of amides is 1. The molecule has 1 atom stereocenters.